The van der Waals surface area contributed by atoms with E-state index in [0.29, 0.717) is 22.3 Å². The molecule has 3 rings (SSSR count). The maximum Gasteiger partial charge on any atom is 0.310 e. The molecule has 122 valence electrons. The second-order valence-electron chi connectivity index (χ2n) is 5.03. The van der Waals surface area contributed by atoms with E-state index in [4.69, 9.17) is 9.26 Å². The molecule has 6 nitrogen and oxygen atoms in total. The van der Waals surface area contributed by atoms with Crippen molar-refractivity contribution >= 4 is 21.6 Å². The van der Waals surface area contributed by atoms with Crippen molar-refractivity contribution in [1.82, 2.24) is 5.16 Å². The summed E-state index contributed by atoms with van der Waals surface area (Å²) in [5.41, 5.74) is 2.14. The van der Waals surface area contributed by atoms with Crippen molar-refractivity contribution in [3.8, 4) is 17.0 Å². The molecular weight excluding hydrogens is 376 g/mol. The number of hydrogen-bond acceptors (Lipinski definition) is 5. The van der Waals surface area contributed by atoms with Gasteiger partial charge in [-0.25, -0.2) is 0 Å². The largest absolute Gasteiger partial charge is 0.482 e. The highest BCUT2D eigenvalue weighted by molar-refractivity contribution is 9.08. The monoisotopic (exact) mass is 388 g/mol. The molecule has 0 aliphatic heterocycles. The minimum absolute atomic E-state index is 0.0844. The van der Waals surface area contributed by atoms with Crippen LogP contribution in [-0.4, -0.2) is 10.1 Å². The van der Waals surface area contributed by atoms with Crippen LogP contribution in [0.2, 0.25) is 0 Å². The van der Waals surface area contributed by atoms with Crippen molar-refractivity contribution in [2.75, 3.05) is 0 Å². The lowest BCUT2D eigenvalue weighted by Gasteiger charge is -2.08. The van der Waals surface area contributed by atoms with Gasteiger partial charge < -0.3 is 9.26 Å². The number of aromatic nitrogens is 1. The molecule has 0 N–H and O–H groups in total. The summed E-state index contributed by atoms with van der Waals surface area (Å²) in [7, 11) is 0. The van der Waals surface area contributed by atoms with Crippen LogP contribution in [0.5, 0.6) is 5.75 Å². The second kappa shape index (κ2) is 7.27. The first-order valence-corrected chi connectivity index (χ1v) is 8.26. The Hall–Kier alpha value is -2.67. The molecule has 0 radical (unpaired) electrons. The van der Waals surface area contributed by atoms with Crippen LogP contribution in [0.3, 0.4) is 0 Å². The van der Waals surface area contributed by atoms with Gasteiger partial charge in [-0.1, -0.05) is 51.4 Å². The minimum Gasteiger partial charge on any atom is -0.482 e. The molecule has 0 spiro atoms. The van der Waals surface area contributed by atoms with Gasteiger partial charge >= 0.3 is 5.69 Å². The smallest absolute Gasteiger partial charge is 0.310 e. The Morgan fingerprint density at radius 2 is 1.96 bits per heavy atom. The van der Waals surface area contributed by atoms with Crippen molar-refractivity contribution in [3.63, 3.8) is 0 Å². The molecule has 0 saturated carbocycles. The van der Waals surface area contributed by atoms with Gasteiger partial charge in [0, 0.05) is 17.7 Å². The number of rotatable bonds is 6. The van der Waals surface area contributed by atoms with Gasteiger partial charge in [0.05, 0.1) is 10.3 Å². The topological polar surface area (TPSA) is 78.4 Å². The zero-order chi connectivity index (χ0) is 16.9. The van der Waals surface area contributed by atoms with Crippen LogP contribution < -0.4 is 4.74 Å². The molecule has 1 aromatic heterocycles. The van der Waals surface area contributed by atoms with E-state index < -0.39 is 4.92 Å². The van der Waals surface area contributed by atoms with Gasteiger partial charge in [-0.2, -0.15) is 0 Å². The third-order valence-corrected chi connectivity index (χ3v) is 3.93. The molecule has 3 aromatic rings. The van der Waals surface area contributed by atoms with Crippen molar-refractivity contribution in [2.24, 2.45) is 0 Å². The third kappa shape index (κ3) is 3.62. The number of halogens is 1. The van der Waals surface area contributed by atoms with E-state index in [1.165, 1.54) is 6.07 Å². The molecule has 0 aliphatic carbocycles. The summed E-state index contributed by atoms with van der Waals surface area (Å²) in [6.45, 7) is 0.247. The fourth-order valence-electron chi connectivity index (χ4n) is 2.19. The lowest BCUT2D eigenvalue weighted by atomic mass is 10.1. The highest BCUT2D eigenvalue weighted by Gasteiger charge is 2.17. The average Bonchev–Trinajstić information content (AvgIpc) is 3.09. The van der Waals surface area contributed by atoms with E-state index in [2.05, 4.69) is 21.1 Å². The molecule has 24 heavy (non-hydrogen) atoms. The van der Waals surface area contributed by atoms with Crippen molar-refractivity contribution in [3.05, 3.63) is 76.0 Å². The van der Waals surface area contributed by atoms with Crippen LogP contribution in [0.1, 0.15) is 11.3 Å². The zero-order valence-electron chi connectivity index (χ0n) is 12.5. The molecule has 1 heterocycles. The van der Waals surface area contributed by atoms with E-state index in [9.17, 15) is 10.1 Å². The van der Waals surface area contributed by atoms with Gasteiger partial charge in [-0.15, -0.1) is 0 Å². The number of nitrogens with zero attached hydrogens (tertiary/aromatic N) is 2. The SMILES string of the molecule is O=[N+]([O-])c1ccc(-c2cc(CBr)on2)cc1OCc1ccccc1. The van der Waals surface area contributed by atoms with Crippen molar-refractivity contribution < 1.29 is 14.2 Å². The van der Waals surface area contributed by atoms with Crippen LogP contribution in [0, 0.1) is 10.1 Å². The van der Waals surface area contributed by atoms with Crippen molar-refractivity contribution in [1.29, 1.82) is 0 Å². The van der Waals surface area contributed by atoms with Gasteiger partial charge in [0.1, 0.15) is 18.1 Å². The number of hydrogen-bond donors (Lipinski definition) is 0. The summed E-state index contributed by atoms with van der Waals surface area (Å²) in [5.74, 6) is 0.875. The first kappa shape index (κ1) is 16.2. The summed E-state index contributed by atoms with van der Waals surface area (Å²) in [6, 6.07) is 15.9. The van der Waals surface area contributed by atoms with Crippen LogP contribution >= 0.6 is 15.9 Å². The highest BCUT2D eigenvalue weighted by Crippen LogP contribution is 2.33. The molecule has 0 saturated heterocycles. The average molecular weight is 389 g/mol. The molecule has 0 amide bonds. The van der Waals surface area contributed by atoms with Crippen LogP contribution in [0.25, 0.3) is 11.3 Å². The van der Waals surface area contributed by atoms with Crippen LogP contribution in [0.4, 0.5) is 5.69 Å². The number of ether oxygens (including phenoxy) is 1. The lowest BCUT2D eigenvalue weighted by molar-refractivity contribution is -0.385. The number of nitro benzene ring substituents is 1. The second-order valence-corrected chi connectivity index (χ2v) is 5.59. The summed E-state index contributed by atoms with van der Waals surface area (Å²) in [6.07, 6.45) is 0. The predicted octanol–water partition coefficient (Wildman–Crippen LogP) is 4.72. The first-order valence-electron chi connectivity index (χ1n) is 7.14. The first-order chi connectivity index (χ1) is 11.7. The summed E-state index contributed by atoms with van der Waals surface area (Å²) < 4.78 is 10.8. The molecule has 2 aromatic carbocycles. The molecular formula is C17H13BrN2O4. The van der Waals surface area contributed by atoms with Gasteiger partial charge in [-0.3, -0.25) is 10.1 Å². The van der Waals surface area contributed by atoms with E-state index in [-0.39, 0.29) is 18.0 Å². The van der Waals surface area contributed by atoms with E-state index in [1.54, 1.807) is 18.2 Å². The molecule has 0 unspecified atom stereocenters. The van der Waals surface area contributed by atoms with Crippen molar-refractivity contribution in [2.45, 2.75) is 11.9 Å². The molecule has 7 heteroatoms. The highest BCUT2D eigenvalue weighted by atomic mass is 79.9. The van der Waals surface area contributed by atoms with Crippen LogP contribution in [0.15, 0.2) is 59.1 Å². The molecule has 0 aliphatic rings. The van der Waals surface area contributed by atoms with Gasteiger partial charge in [0.15, 0.2) is 5.75 Å². The Morgan fingerprint density at radius 3 is 2.62 bits per heavy atom. The lowest BCUT2D eigenvalue weighted by Crippen LogP contribution is -1.99. The normalized spacial score (nSPS) is 10.5. The maximum atomic E-state index is 11.2. The Morgan fingerprint density at radius 1 is 1.17 bits per heavy atom. The fraction of sp³-hybridized carbons (Fsp3) is 0.118. The zero-order valence-corrected chi connectivity index (χ0v) is 14.1. The predicted molar refractivity (Wildman–Crippen MR) is 92.0 cm³/mol. The van der Waals surface area contributed by atoms with Gasteiger partial charge in [0.25, 0.3) is 0 Å². The Labute approximate surface area is 146 Å². The fourth-order valence-corrected chi connectivity index (χ4v) is 2.45. The van der Waals surface area contributed by atoms with Gasteiger partial charge in [0.2, 0.25) is 0 Å². The number of nitro groups is 1. The Bertz CT molecular complexity index is 849. The quantitative estimate of drug-likeness (QED) is 0.346. The molecule has 0 fully saturated rings. The summed E-state index contributed by atoms with van der Waals surface area (Å²) in [4.78, 5) is 10.8. The summed E-state index contributed by atoms with van der Waals surface area (Å²) >= 11 is 3.29. The summed E-state index contributed by atoms with van der Waals surface area (Å²) in [5, 5.41) is 15.7. The number of benzene rings is 2. The Kier molecular flexibility index (Phi) is 4.90. The third-order valence-electron chi connectivity index (χ3n) is 3.38. The number of alkyl halides is 1. The van der Waals surface area contributed by atoms with E-state index >= 15 is 0 Å². The van der Waals surface area contributed by atoms with Gasteiger partial charge in [-0.05, 0) is 17.7 Å². The Balaban J connectivity index is 1.89. The van der Waals surface area contributed by atoms with E-state index in [1.807, 2.05) is 30.3 Å². The van der Waals surface area contributed by atoms with E-state index in [0.717, 1.165) is 5.56 Å². The van der Waals surface area contributed by atoms with Crippen LogP contribution in [-0.2, 0) is 11.9 Å². The maximum absolute atomic E-state index is 11.2. The molecule has 0 atom stereocenters. The standard InChI is InChI=1S/C17H13BrN2O4/c18-10-14-9-15(19-24-14)13-6-7-16(20(21)22)17(8-13)23-11-12-4-2-1-3-5-12/h1-9H,10-11H2. The minimum atomic E-state index is -0.461. The molecule has 0 bridgehead atoms.